The van der Waals surface area contributed by atoms with Gasteiger partial charge >= 0.3 is 0 Å². The van der Waals surface area contributed by atoms with E-state index in [0.29, 0.717) is 94.0 Å². The zero-order valence-electron chi connectivity index (χ0n) is 38.6. The van der Waals surface area contributed by atoms with Crippen molar-refractivity contribution < 1.29 is 28.8 Å². The van der Waals surface area contributed by atoms with Crippen molar-refractivity contribution >= 4 is 100 Å². The van der Waals surface area contributed by atoms with Crippen LogP contribution in [0.3, 0.4) is 0 Å². The summed E-state index contributed by atoms with van der Waals surface area (Å²) in [5.74, 6) is 8.00. The number of amides is 6. The Kier molecular flexibility index (Phi) is 14.6. The molecule has 12 aliphatic carbocycles. The van der Waals surface area contributed by atoms with E-state index in [4.69, 9.17) is 0 Å². The maximum Gasteiger partial charge on any atom is 0.226 e. The molecule has 12 nitrogen and oxygen atoms in total. The normalized spacial score (nSPS) is 45.3. The van der Waals surface area contributed by atoms with Crippen LogP contribution in [-0.4, -0.2) is 109 Å². The fourth-order valence-corrected chi connectivity index (χ4v) is 22.5. The van der Waals surface area contributed by atoms with Crippen molar-refractivity contribution in [3.63, 3.8) is 0 Å². The molecule has 18 heteroatoms. The number of carbonyl (C=O) groups excluding carboxylic acids is 6. The van der Waals surface area contributed by atoms with Crippen LogP contribution >= 0.6 is 64.8 Å². The van der Waals surface area contributed by atoms with Gasteiger partial charge in [-0.2, -0.15) is 0 Å². The molecule has 13 rings (SSSR count). The summed E-state index contributed by atoms with van der Waals surface area (Å²) in [4.78, 5) is 83.6. The summed E-state index contributed by atoms with van der Waals surface area (Å²) < 4.78 is 0. The number of nitrogens with one attached hydrogen (secondary N) is 6. The summed E-state index contributed by atoms with van der Waals surface area (Å²) in [5, 5.41) is 19.7. The quantitative estimate of drug-likeness (QED) is 0.144. The summed E-state index contributed by atoms with van der Waals surface area (Å²) >= 11 is 0. The predicted molar refractivity (Wildman–Crippen MR) is 271 cm³/mol. The molecule has 1 aliphatic heterocycles. The summed E-state index contributed by atoms with van der Waals surface area (Å²) in [7, 11) is 10.4. The van der Waals surface area contributed by atoms with Crippen LogP contribution in [0.25, 0.3) is 0 Å². The molecule has 12 saturated carbocycles. The Morgan fingerprint density at radius 3 is 0.576 bits per heavy atom. The van der Waals surface area contributed by atoms with E-state index in [1.54, 1.807) is 64.8 Å². The SMILES string of the molecule is O=C1NCCSSCCNC(=O)C23CC4CC(C2)CC(C4)(C3)C(=O)NCCSSCCNC(=O)C23CC4CC(CC(C4)(C2)C(=O)NCCSSCCNC(=O)C24CC5CC(CC1(C5)C2)C4)C3. The fourth-order valence-electron chi connectivity index (χ4n) is 17.1. The van der Waals surface area contributed by atoms with E-state index >= 15 is 0 Å². The van der Waals surface area contributed by atoms with Gasteiger partial charge in [0.2, 0.25) is 35.4 Å². The summed E-state index contributed by atoms with van der Waals surface area (Å²) in [6.07, 6.45) is 16.0. The van der Waals surface area contributed by atoms with E-state index in [2.05, 4.69) is 31.9 Å². The van der Waals surface area contributed by atoms with Crippen molar-refractivity contribution in [1.82, 2.24) is 31.9 Å². The van der Waals surface area contributed by atoms with Gasteiger partial charge in [0, 0.05) is 73.8 Å². The largest absolute Gasteiger partial charge is 0.355 e. The fraction of sp³-hybridized carbons (Fsp3) is 0.875. The molecule has 0 unspecified atom stereocenters. The van der Waals surface area contributed by atoms with E-state index in [1.165, 1.54) is 0 Å². The monoisotopic (exact) mass is 1020 g/mol. The van der Waals surface area contributed by atoms with Gasteiger partial charge in [0.25, 0.3) is 0 Å². The zero-order valence-corrected chi connectivity index (χ0v) is 43.5. The maximum absolute atomic E-state index is 13.9. The van der Waals surface area contributed by atoms with Crippen molar-refractivity contribution in [3.05, 3.63) is 0 Å². The first kappa shape index (κ1) is 48.5. The molecule has 1 heterocycles. The maximum atomic E-state index is 13.9. The van der Waals surface area contributed by atoms with Gasteiger partial charge in [-0.1, -0.05) is 64.8 Å². The van der Waals surface area contributed by atoms with Gasteiger partial charge in [0.1, 0.15) is 0 Å². The van der Waals surface area contributed by atoms with Crippen LogP contribution in [0.15, 0.2) is 0 Å². The Balaban J connectivity index is 0.748. The molecule has 0 aromatic rings. The minimum atomic E-state index is -0.454. The highest BCUT2D eigenvalue weighted by atomic mass is 33.1. The number of hydrogen-bond acceptors (Lipinski definition) is 12. The van der Waals surface area contributed by atoms with Crippen molar-refractivity contribution in [2.45, 2.75) is 116 Å². The molecular weight excluding hydrogens is 949 g/mol. The van der Waals surface area contributed by atoms with Crippen molar-refractivity contribution in [2.24, 2.45) is 68.0 Å². The van der Waals surface area contributed by atoms with E-state index in [0.717, 1.165) is 131 Å². The molecule has 6 spiro atoms. The Morgan fingerprint density at radius 1 is 0.273 bits per heavy atom. The number of rotatable bonds is 0. The lowest BCUT2D eigenvalue weighted by atomic mass is 9.43. The second-order valence-corrected chi connectivity index (χ2v) is 31.1. The molecule has 0 aromatic heterocycles. The summed E-state index contributed by atoms with van der Waals surface area (Å²) in [6.45, 7) is 3.54. The molecule has 0 atom stereocenters. The standard InChI is InChI=1S/C48H72N6O6S6/c55-37-43-16-31-13-32(17-43)19-44(18-31,28-43)38(56)51-3-9-63-64-10-4-53-41(59)47-24-35-15-36(25-47)27-48(26-35,30-47)42(60)54-6-12-66-65-11-5-52-40(58)46-22-33-14-34(23-46)21-45(20-33,29-46)39(57)50-2-8-62-61-7-1-49-37/h31-36H,1-30H2,(H,49,55)(H,50,57)(H,51,56)(H,52,58)(H,53,59)(H,54,60). The molecule has 13 fully saturated rings. The molecular formula is C48H72N6O6S6. The van der Waals surface area contributed by atoms with Crippen molar-refractivity contribution in [1.29, 1.82) is 0 Å². The van der Waals surface area contributed by atoms with Gasteiger partial charge in [-0.05, 0) is 151 Å². The second-order valence-electron chi connectivity index (χ2n) is 23.0. The van der Waals surface area contributed by atoms with Crippen LogP contribution in [0.2, 0.25) is 0 Å². The van der Waals surface area contributed by atoms with Crippen molar-refractivity contribution in [3.8, 4) is 0 Å². The number of hydrogen-bond donors (Lipinski definition) is 6. The molecule has 0 aromatic carbocycles. The highest BCUT2D eigenvalue weighted by Gasteiger charge is 2.65. The Morgan fingerprint density at radius 2 is 0.424 bits per heavy atom. The van der Waals surface area contributed by atoms with Gasteiger partial charge in [0.15, 0.2) is 0 Å². The number of carbonyl (C=O) groups is 6. The first-order chi connectivity index (χ1) is 31.9. The Bertz CT molecular complexity index is 1540. The minimum Gasteiger partial charge on any atom is -0.355 e. The molecule has 0 radical (unpaired) electrons. The van der Waals surface area contributed by atoms with Crippen LogP contribution in [0, 0.1) is 68.0 Å². The lowest BCUT2D eigenvalue weighted by molar-refractivity contribution is -0.168. The molecule has 1 saturated heterocycles. The van der Waals surface area contributed by atoms with Gasteiger partial charge in [-0.3, -0.25) is 28.8 Å². The summed E-state index contributed by atoms with van der Waals surface area (Å²) in [6, 6.07) is 0. The molecule has 13 aliphatic rings. The average molecular weight is 1020 g/mol. The molecule has 66 heavy (non-hydrogen) atoms. The van der Waals surface area contributed by atoms with E-state index in [1.807, 2.05) is 0 Å². The van der Waals surface area contributed by atoms with E-state index < -0.39 is 32.5 Å². The highest BCUT2D eigenvalue weighted by molar-refractivity contribution is 8.77. The topological polar surface area (TPSA) is 175 Å². The average Bonchev–Trinajstić information content (AvgIpc) is 3.27. The third-order valence-corrected chi connectivity index (χ3v) is 25.4. The molecule has 6 N–H and O–H groups in total. The lowest BCUT2D eigenvalue weighted by Crippen LogP contribution is -2.61. The van der Waals surface area contributed by atoms with Crippen LogP contribution < -0.4 is 31.9 Å². The van der Waals surface area contributed by atoms with Crippen molar-refractivity contribution in [2.75, 3.05) is 73.8 Å². The zero-order chi connectivity index (χ0) is 45.6. The molecule has 12 bridgehead atoms. The highest BCUT2D eigenvalue weighted by Crippen LogP contribution is 2.68. The molecule has 366 valence electrons. The Labute approximate surface area is 415 Å². The lowest BCUT2D eigenvalue weighted by Gasteiger charge is -2.60. The third kappa shape index (κ3) is 9.67. The second kappa shape index (κ2) is 19.8. The van der Waals surface area contributed by atoms with Crippen LogP contribution in [0.1, 0.15) is 116 Å². The predicted octanol–water partition coefficient (Wildman–Crippen LogP) is 6.60. The minimum absolute atomic E-state index is 0.128. The van der Waals surface area contributed by atoms with E-state index in [-0.39, 0.29) is 35.4 Å². The van der Waals surface area contributed by atoms with Crippen LogP contribution in [-0.2, 0) is 28.8 Å². The van der Waals surface area contributed by atoms with Crippen LogP contribution in [0.4, 0.5) is 0 Å². The third-order valence-electron chi connectivity index (χ3n) is 18.1. The van der Waals surface area contributed by atoms with E-state index in [9.17, 15) is 28.8 Å². The summed E-state index contributed by atoms with van der Waals surface area (Å²) in [5.41, 5.74) is -2.73. The Hall–Kier alpha value is -1.08. The smallest absolute Gasteiger partial charge is 0.226 e. The van der Waals surface area contributed by atoms with Gasteiger partial charge in [-0.25, -0.2) is 0 Å². The molecule has 6 amide bonds. The van der Waals surface area contributed by atoms with Gasteiger partial charge < -0.3 is 31.9 Å². The van der Waals surface area contributed by atoms with Crippen LogP contribution in [0.5, 0.6) is 0 Å². The first-order valence-corrected chi connectivity index (χ1v) is 32.8. The van der Waals surface area contributed by atoms with Gasteiger partial charge in [-0.15, -0.1) is 0 Å². The van der Waals surface area contributed by atoms with Gasteiger partial charge in [0.05, 0.1) is 32.5 Å². The first-order valence-electron chi connectivity index (χ1n) is 25.3.